The van der Waals surface area contributed by atoms with Gasteiger partial charge in [-0.3, -0.25) is 14.4 Å². The number of hydrogen-bond acceptors (Lipinski definition) is 5. The van der Waals surface area contributed by atoms with Crippen LogP contribution in [-0.2, 0) is 13.1 Å². The van der Waals surface area contributed by atoms with Gasteiger partial charge in [0.05, 0.1) is 26.1 Å². The van der Waals surface area contributed by atoms with Crippen LogP contribution in [0.25, 0.3) is 32.7 Å². The molecule has 0 unspecified atom stereocenters. The van der Waals surface area contributed by atoms with Crippen molar-refractivity contribution in [1.82, 2.24) is 14.1 Å². The number of nitrogens with zero attached hydrogens (tertiary/aromatic N) is 2. The molecule has 7 aliphatic rings. The van der Waals surface area contributed by atoms with Gasteiger partial charge in [0.2, 0.25) is 17.8 Å². The number of aromatic nitrogens is 3. The lowest BCUT2D eigenvalue weighted by molar-refractivity contribution is -0.0469. The minimum absolute atomic E-state index is 0.0247. The third kappa shape index (κ3) is 22.3. The van der Waals surface area contributed by atoms with Gasteiger partial charge in [-0.25, -0.2) is 26.3 Å². The first-order chi connectivity index (χ1) is 46.2. The van der Waals surface area contributed by atoms with E-state index in [0.717, 1.165) is 45.8 Å². The number of rotatable bonds is 18. The van der Waals surface area contributed by atoms with Crippen LogP contribution < -0.4 is 0 Å². The van der Waals surface area contributed by atoms with Crippen LogP contribution in [-0.4, -0.2) is 72.7 Å². The van der Waals surface area contributed by atoms with Crippen molar-refractivity contribution in [2.75, 3.05) is 13.2 Å². The summed E-state index contributed by atoms with van der Waals surface area (Å²) < 4.78 is 84.2. The number of aromatic amines is 1. The van der Waals surface area contributed by atoms with Crippen LogP contribution in [0.4, 0.5) is 26.3 Å². The summed E-state index contributed by atoms with van der Waals surface area (Å²) in [6.07, 6.45) is 37.7. The average Bonchev–Trinajstić information content (AvgIpc) is 1.64. The maximum atomic E-state index is 13.4. The molecule has 530 valence electrons. The number of hydrogen-bond donors (Lipinski definition) is 3. The first-order valence-electron chi connectivity index (χ1n) is 36.9. The second-order valence-corrected chi connectivity index (χ2v) is 30.9. The number of carbonyl (C=O) groups excluding carboxylic acids is 3. The number of aliphatic hydroxyl groups excluding tert-OH is 2. The molecule has 3 heterocycles. The van der Waals surface area contributed by atoms with Crippen LogP contribution in [0.15, 0.2) is 73.2 Å². The standard InChI is InChI=1S/2C24H30ClF2NO.C17H18ClF2NO.2C7H14O/c2*25-20-7-4-8-21-23(20)19(16-28(21)15-18-5-2-1-3-6-18)22(29)10-9-17-11-13-24(26,27)14-12-17;18-13-2-1-3-14-16(13)12(10-21-14)15(22)5-4-11-6-8-17(19,20)9-7-11;2*8-6-7-4-2-1-3-5-7/h2*4,7-8,16-18H,1-3,5-6,9-15H2;1-3,10-11,21H,4-9H2;2*7-8H,1-6H2. The van der Waals surface area contributed by atoms with E-state index in [-0.39, 0.29) is 73.6 Å². The molecule has 0 amide bonds. The van der Waals surface area contributed by atoms with E-state index in [4.69, 9.17) is 45.0 Å². The topological polar surface area (TPSA) is 117 Å². The fraction of sp³-hybridized carbons (Fsp3) is 0.658. The Hall–Kier alpha value is -4.34. The molecule has 0 atom stereocenters. The number of H-pyrrole nitrogens is 1. The summed E-state index contributed by atoms with van der Waals surface area (Å²) in [6, 6.07) is 17.1. The van der Waals surface area contributed by atoms with E-state index in [1.807, 2.05) is 60.9 Å². The molecule has 96 heavy (non-hydrogen) atoms. The quantitative estimate of drug-likeness (QED) is 0.0585. The van der Waals surface area contributed by atoms with Gasteiger partial charge in [-0.2, -0.15) is 0 Å². The predicted octanol–water partition coefficient (Wildman–Crippen LogP) is 24.1. The molecule has 6 aromatic rings. The molecule has 0 saturated heterocycles. The van der Waals surface area contributed by atoms with Crippen molar-refractivity contribution in [3.05, 3.63) is 105 Å². The Morgan fingerprint density at radius 3 is 1.02 bits per heavy atom. The number of alkyl halides is 6. The molecule has 0 radical (unpaired) electrons. The molecule has 13 rings (SSSR count). The number of carbonyl (C=O) groups is 3. The molecule has 7 saturated carbocycles. The Kier molecular flexibility index (Phi) is 29.1. The van der Waals surface area contributed by atoms with Crippen LogP contribution in [0.5, 0.6) is 0 Å². The molecule has 7 aliphatic carbocycles. The number of aliphatic hydroxyl groups is 2. The van der Waals surface area contributed by atoms with Crippen LogP contribution in [0.1, 0.15) is 275 Å². The lowest BCUT2D eigenvalue weighted by Crippen LogP contribution is -2.24. The average molecular weight is 1400 g/mol. The van der Waals surface area contributed by atoms with Crippen molar-refractivity contribution in [2.45, 2.75) is 275 Å². The third-order valence-electron chi connectivity index (χ3n) is 22.4. The Balaban J connectivity index is 0.000000152. The number of ketones is 3. The second-order valence-electron chi connectivity index (χ2n) is 29.7. The number of nitrogens with one attached hydrogen (secondary N) is 1. The molecular formula is C79H106Cl3F6N3O5. The Bertz CT molecular complexity index is 3220. The highest BCUT2D eigenvalue weighted by Gasteiger charge is 2.38. The summed E-state index contributed by atoms with van der Waals surface area (Å²) in [5, 5.41) is 21.6. The molecule has 7 fully saturated rings. The van der Waals surface area contributed by atoms with Crippen molar-refractivity contribution < 1.29 is 50.9 Å². The maximum Gasteiger partial charge on any atom is 0.248 e. The number of Topliss-reactive ketones (excluding diaryl/α,β-unsaturated/α-hetero) is 3. The highest BCUT2D eigenvalue weighted by Crippen LogP contribution is 2.43. The summed E-state index contributed by atoms with van der Waals surface area (Å²) in [5.74, 6) is -4.06. The second kappa shape index (κ2) is 36.8. The monoisotopic (exact) mass is 1400 g/mol. The summed E-state index contributed by atoms with van der Waals surface area (Å²) in [7, 11) is 0. The van der Waals surface area contributed by atoms with Crippen LogP contribution in [0, 0.1) is 41.4 Å². The zero-order valence-corrected chi connectivity index (χ0v) is 58.9. The highest BCUT2D eigenvalue weighted by molar-refractivity contribution is 6.38. The van der Waals surface area contributed by atoms with Gasteiger partial charge in [-0.05, 0) is 187 Å². The van der Waals surface area contributed by atoms with E-state index in [2.05, 4.69) is 14.1 Å². The summed E-state index contributed by atoms with van der Waals surface area (Å²) in [6.45, 7) is 2.70. The maximum absolute atomic E-state index is 13.4. The Morgan fingerprint density at radius 1 is 0.396 bits per heavy atom. The van der Waals surface area contributed by atoms with Crippen molar-refractivity contribution >= 4 is 84.9 Å². The smallest absolute Gasteiger partial charge is 0.248 e. The lowest BCUT2D eigenvalue weighted by Gasteiger charge is -2.27. The molecule has 0 bridgehead atoms. The molecule has 0 spiro atoms. The lowest BCUT2D eigenvalue weighted by atomic mass is 9.83. The number of halogens is 9. The van der Waals surface area contributed by atoms with E-state index in [0.29, 0.717) is 146 Å². The van der Waals surface area contributed by atoms with Crippen LogP contribution >= 0.6 is 34.8 Å². The minimum Gasteiger partial charge on any atom is -0.396 e. The molecule has 8 nitrogen and oxygen atoms in total. The molecular weight excluding hydrogens is 1290 g/mol. The number of benzene rings is 3. The highest BCUT2D eigenvalue weighted by atomic mass is 35.5. The van der Waals surface area contributed by atoms with Crippen molar-refractivity contribution in [3.8, 4) is 0 Å². The normalized spacial score (nSPS) is 20.9. The summed E-state index contributed by atoms with van der Waals surface area (Å²) in [5.41, 5.74) is 4.90. The van der Waals surface area contributed by atoms with E-state index in [9.17, 15) is 40.7 Å². The zero-order chi connectivity index (χ0) is 68.2. The van der Waals surface area contributed by atoms with Gasteiger partial charge in [-0.15, -0.1) is 0 Å². The SMILES string of the molecule is O=C(CCC1CCC(F)(F)CC1)c1c[nH]c2cccc(Cl)c12.O=C(CCC1CCC(F)(F)CC1)c1cn(CC2CCCCC2)c2cccc(Cl)c12.O=C(CCC1CCC(F)(F)CC1)c1cn(CC2CCCCC2)c2cccc(Cl)c12.OCC1CCCCC1.OCC1CCCCC1. The predicted molar refractivity (Wildman–Crippen MR) is 379 cm³/mol. The van der Waals surface area contributed by atoms with E-state index in [1.54, 1.807) is 12.3 Å². The minimum atomic E-state index is -2.51. The largest absolute Gasteiger partial charge is 0.396 e. The first kappa shape index (κ1) is 75.9. The van der Waals surface area contributed by atoms with E-state index < -0.39 is 17.8 Å². The fourth-order valence-corrected chi connectivity index (χ4v) is 17.1. The van der Waals surface area contributed by atoms with Crippen molar-refractivity contribution in [1.29, 1.82) is 0 Å². The van der Waals surface area contributed by atoms with E-state index >= 15 is 0 Å². The van der Waals surface area contributed by atoms with E-state index in [1.165, 1.54) is 128 Å². The van der Waals surface area contributed by atoms with Crippen molar-refractivity contribution in [3.63, 3.8) is 0 Å². The molecule has 17 heteroatoms. The van der Waals surface area contributed by atoms with Gasteiger partial charge >= 0.3 is 0 Å². The molecule has 0 aliphatic heterocycles. The zero-order valence-electron chi connectivity index (χ0n) is 56.6. The Labute approximate surface area is 581 Å². The Morgan fingerprint density at radius 2 is 0.698 bits per heavy atom. The molecule has 3 aromatic carbocycles. The van der Waals surface area contributed by atoms with Gasteiger partial charge in [0.25, 0.3) is 0 Å². The van der Waals surface area contributed by atoms with Gasteiger partial charge < -0.3 is 24.3 Å². The van der Waals surface area contributed by atoms with Crippen LogP contribution in [0.2, 0.25) is 15.1 Å². The van der Waals surface area contributed by atoms with Gasteiger partial charge in [0.1, 0.15) is 0 Å². The van der Waals surface area contributed by atoms with Crippen LogP contribution in [0.3, 0.4) is 0 Å². The number of fused-ring (bicyclic) bond motifs is 3. The molecule has 3 N–H and O–H groups in total. The molecule has 3 aromatic heterocycles. The first-order valence-corrected chi connectivity index (χ1v) is 38.1. The van der Waals surface area contributed by atoms with Gasteiger partial charge in [0, 0.05) is 141 Å². The van der Waals surface area contributed by atoms with Gasteiger partial charge in [-0.1, -0.05) is 130 Å². The fourth-order valence-electron chi connectivity index (χ4n) is 16.3. The summed E-state index contributed by atoms with van der Waals surface area (Å²) in [4.78, 5) is 41.6. The van der Waals surface area contributed by atoms with Gasteiger partial charge in [0.15, 0.2) is 17.3 Å². The van der Waals surface area contributed by atoms with Crippen molar-refractivity contribution in [2.24, 2.45) is 41.4 Å². The summed E-state index contributed by atoms with van der Waals surface area (Å²) >= 11 is 19.2. The third-order valence-corrected chi connectivity index (χ3v) is 23.4.